The van der Waals surface area contributed by atoms with E-state index in [0.29, 0.717) is 38.5 Å². The minimum Gasteiger partial charge on any atom is -0.469 e. The molecule has 0 heterocycles. The number of hydrogen-bond acceptors (Lipinski definition) is 6. The van der Waals surface area contributed by atoms with E-state index in [-0.39, 0.29) is 36.1 Å². The number of aliphatic hydroxyl groups is 3. The SMILES string of the molecule is COC(=O)CCCC=CC[C@H]1C(=O)C[C@@H](O)[C@@H]1C=C[C@@H](O)CCC[C@@H](C)O. The van der Waals surface area contributed by atoms with Gasteiger partial charge in [0.05, 0.1) is 25.4 Å². The fourth-order valence-electron chi connectivity index (χ4n) is 3.33. The van der Waals surface area contributed by atoms with E-state index < -0.39 is 12.2 Å². The van der Waals surface area contributed by atoms with Crippen molar-refractivity contribution in [2.45, 2.75) is 76.6 Å². The van der Waals surface area contributed by atoms with E-state index >= 15 is 0 Å². The number of Topliss-reactive ketones (excluding diaryl/α,β-unsaturated/α-hetero) is 1. The second kappa shape index (κ2) is 12.8. The summed E-state index contributed by atoms with van der Waals surface area (Å²) in [4.78, 5) is 23.2. The van der Waals surface area contributed by atoms with Gasteiger partial charge in [0.1, 0.15) is 5.78 Å². The Hall–Kier alpha value is -1.50. The molecule has 0 spiro atoms. The Balaban J connectivity index is 2.46. The van der Waals surface area contributed by atoms with Crippen molar-refractivity contribution < 1.29 is 29.6 Å². The third kappa shape index (κ3) is 9.31. The summed E-state index contributed by atoms with van der Waals surface area (Å²) in [6.07, 6.45) is 9.97. The summed E-state index contributed by atoms with van der Waals surface area (Å²) in [5.74, 6) is -0.754. The zero-order chi connectivity index (χ0) is 20.2. The molecule has 0 radical (unpaired) electrons. The lowest BCUT2D eigenvalue weighted by Gasteiger charge is -2.16. The minimum atomic E-state index is -0.712. The van der Waals surface area contributed by atoms with Crippen molar-refractivity contribution in [2.24, 2.45) is 11.8 Å². The lowest BCUT2D eigenvalue weighted by atomic mass is 9.90. The average Bonchev–Trinajstić information content (AvgIpc) is 2.88. The van der Waals surface area contributed by atoms with Gasteiger partial charge in [-0.2, -0.15) is 0 Å². The highest BCUT2D eigenvalue weighted by Gasteiger charge is 2.39. The Morgan fingerprint density at radius 2 is 2.00 bits per heavy atom. The van der Waals surface area contributed by atoms with Crippen LogP contribution in [0.5, 0.6) is 0 Å². The van der Waals surface area contributed by atoms with Crippen LogP contribution in [0.25, 0.3) is 0 Å². The molecule has 5 atom stereocenters. The lowest BCUT2D eigenvalue weighted by molar-refractivity contribution is -0.140. The van der Waals surface area contributed by atoms with Crippen LogP contribution in [-0.4, -0.2) is 52.5 Å². The van der Waals surface area contributed by atoms with Crippen LogP contribution < -0.4 is 0 Å². The molecule has 1 aliphatic rings. The molecule has 0 aromatic heterocycles. The topological polar surface area (TPSA) is 104 Å². The molecule has 3 N–H and O–H groups in total. The second-order valence-corrected chi connectivity index (χ2v) is 7.33. The van der Waals surface area contributed by atoms with Crippen LogP contribution in [0.15, 0.2) is 24.3 Å². The molecule has 0 aromatic rings. The number of ether oxygens (including phenoxy) is 1. The summed E-state index contributed by atoms with van der Waals surface area (Å²) in [5, 5.41) is 29.4. The van der Waals surface area contributed by atoms with Crippen LogP contribution in [0.2, 0.25) is 0 Å². The maximum absolute atomic E-state index is 12.2. The number of methoxy groups -OCH3 is 1. The number of unbranched alkanes of at least 4 members (excludes halogenated alkanes) is 1. The number of ketones is 1. The van der Waals surface area contributed by atoms with Crippen molar-refractivity contribution in [3.8, 4) is 0 Å². The van der Waals surface area contributed by atoms with E-state index in [1.807, 2.05) is 12.2 Å². The maximum atomic E-state index is 12.2. The predicted molar refractivity (Wildman–Crippen MR) is 103 cm³/mol. The Labute approximate surface area is 161 Å². The van der Waals surface area contributed by atoms with E-state index in [1.54, 1.807) is 19.1 Å². The minimum absolute atomic E-state index is 0.0416. The van der Waals surface area contributed by atoms with E-state index in [4.69, 9.17) is 0 Å². The molecule has 0 saturated heterocycles. The summed E-state index contributed by atoms with van der Waals surface area (Å²) in [5.41, 5.74) is 0. The molecule has 154 valence electrons. The molecule has 0 aliphatic heterocycles. The van der Waals surface area contributed by atoms with Gasteiger partial charge in [-0.1, -0.05) is 24.3 Å². The van der Waals surface area contributed by atoms with Crippen molar-refractivity contribution in [3.05, 3.63) is 24.3 Å². The largest absolute Gasteiger partial charge is 0.469 e. The fourth-order valence-corrected chi connectivity index (χ4v) is 3.33. The highest BCUT2D eigenvalue weighted by Crippen LogP contribution is 2.33. The van der Waals surface area contributed by atoms with Gasteiger partial charge in [-0.15, -0.1) is 0 Å². The zero-order valence-corrected chi connectivity index (χ0v) is 16.4. The molecule has 1 fully saturated rings. The lowest BCUT2D eigenvalue weighted by Crippen LogP contribution is -2.18. The molecule has 0 bridgehead atoms. The van der Waals surface area contributed by atoms with Crippen molar-refractivity contribution in [3.63, 3.8) is 0 Å². The molecule has 6 heteroatoms. The van der Waals surface area contributed by atoms with Gasteiger partial charge in [0.15, 0.2) is 0 Å². The molecule has 0 amide bonds. The Morgan fingerprint density at radius 1 is 1.26 bits per heavy atom. The van der Waals surface area contributed by atoms with Gasteiger partial charge in [0, 0.05) is 24.7 Å². The van der Waals surface area contributed by atoms with Gasteiger partial charge in [0.2, 0.25) is 0 Å². The summed E-state index contributed by atoms with van der Waals surface area (Å²) in [6.45, 7) is 1.72. The molecule has 1 aliphatic carbocycles. The van der Waals surface area contributed by atoms with E-state index in [1.165, 1.54) is 7.11 Å². The van der Waals surface area contributed by atoms with Crippen LogP contribution in [-0.2, 0) is 14.3 Å². The number of carbonyl (C=O) groups excluding carboxylic acids is 2. The molecule has 0 aromatic carbocycles. The van der Waals surface area contributed by atoms with Gasteiger partial charge < -0.3 is 20.1 Å². The first kappa shape index (κ1) is 23.5. The van der Waals surface area contributed by atoms with Crippen LogP contribution in [0, 0.1) is 11.8 Å². The van der Waals surface area contributed by atoms with Crippen LogP contribution in [0.1, 0.15) is 58.3 Å². The van der Waals surface area contributed by atoms with E-state index in [2.05, 4.69) is 4.74 Å². The number of allylic oxidation sites excluding steroid dienone is 2. The first-order chi connectivity index (χ1) is 12.8. The monoisotopic (exact) mass is 382 g/mol. The fraction of sp³-hybridized carbons (Fsp3) is 0.714. The molecule has 27 heavy (non-hydrogen) atoms. The second-order valence-electron chi connectivity index (χ2n) is 7.33. The van der Waals surface area contributed by atoms with Crippen molar-refractivity contribution in [1.82, 2.24) is 0 Å². The number of esters is 1. The number of aliphatic hydroxyl groups excluding tert-OH is 3. The van der Waals surface area contributed by atoms with Crippen molar-refractivity contribution in [1.29, 1.82) is 0 Å². The average molecular weight is 382 g/mol. The smallest absolute Gasteiger partial charge is 0.305 e. The Morgan fingerprint density at radius 3 is 2.67 bits per heavy atom. The van der Waals surface area contributed by atoms with E-state index in [0.717, 1.165) is 6.42 Å². The van der Waals surface area contributed by atoms with Crippen molar-refractivity contribution in [2.75, 3.05) is 7.11 Å². The van der Waals surface area contributed by atoms with Gasteiger partial charge in [-0.3, -0.25) is 9.59 Å². The third-order valence-corrected chi connectivity index (χ3v) is 4.95. The number of hydrogen-bond donors (Lipinski definition) is 3. The van der Waals surface area contributed by atoms with Gasteiger partial charge in [-0.25, -0.2) is 0 Å². The number of carbonyl (C=O) groups is 2. The predicted octanol–water partition coefficient (Wildman–Crippen LogP) is 2.31. The molecular weight excluding hydrogens is 348 g/mol. The Kier molecular flexibility index (Phi) is 11.2. The first-order valence-corrected chi connectivity index (χ1v) is 9.82. The molecular formula is C21H34O6. The van der Waals surface area contributed by atoms with Gasteiger partial charge >= 0.3 is 5.97 Å². The first-order valence-electron chi connectivity index (χ1n) is 9.82. The normalized spacial score (nSPS) is 25.4. The molecule has 0 unspecified atom stereocenters. The number of rotatable bonds is 12. The standard InChI is InChI=1S/C21H34O6/c1-15(22)8-7-9-16(23)12-13-18-17(19(24)14-20(18)25)10-5-3-4-6-11-21(26)27-2/h3,5,12-13,15-18,20,22-23,25H,4,6-11,14H2,1-2H3/t15-,16+,17-,18-,20-/m1/s1. The molecule has 1 saturated carbocycles. The van der Waals surface area contributed by atoms with Crippen LogP contribution in [0.4, 0.5) is 0 Å². The Bertz CT molecular complexity index is 511. The third-order valence-electron chi connectivity index (χ3n) is 4.95. The quantitative estimate of drug-likeness (QED) is 0.272. The highest BCUT2D eigenvalue weighted by atomic mass is 16.5. The zero-order valence-electron chi connectivity index (χ0n) is 16.4. The summed E-state index contributed by atoms with van der Waals surface area (Å²) >= 11 is 0. The van der Waals surface area contributed by atoms with Crippen LogP contribution >= 0.6 is 0 Å². The summed E-state index contributed by atoms with van der Waals surface area (Å²) in [7, 11) is 1.37. The maximum Gasteiger partial charge on any atom is 0.305 e. The summed E-state index contributed by atoms with van der Waals surface area (Å²) in [6, 6.07) is 0. The van der Waals surface area contributed by atoms with Gasteiger partial charge in [-0.05, 0) is 45.4 Å². The van der Waals surface area contributed by atoms with Gasteiger partial charge in [0.25, 0.3) is 0 Å². The van der Waals surface area contributed by atoms with E-state index in [9.17, 15) is 24.9 Å². The summed E-state index contributed by atoms with van der Waals surface area (Å²) < 4.78 is 4.58. The van der Waals surface area contributed by atoms with Crippen molar-refractivity contribution >= 4 is 11.8 Å². The molecule has 6 nitrogen and oxygen atoms in total. The highest BCUT2D eigenvalue weighted by molar-refractivity contribution is 5.84. The van der Waals surface area contributed by atoms with Crippen LogP contribution in [0.3, 0.4) is 0 Å². The molecule has 1 rings (SSSR count).